The van der Waals surface area contributed by atoms with Crippen LogP contribution in [-0.4, -0.2) is 40.9 Å². The fourth-order valence-electron chi connectivity index (χ4n) is 2.09. The van der Waals surface area contributed by atoms with Gasteiger partial charge in [-0.3, -0.25) is 9.00 Å². The zero-order chi connectivity index (χ0) is 12.8. The summed E-state index contributed by atoms with van der Waals surface area (Å²) >= 11 is 0. The molecule has 0 spiro atoms. The standard InChI is InChI=1S/C12H23NO3S/c1-9(2)8-11(12(14)16-3)13-10-4-6-17(15)7-5-10/h9-11,13H,4-8H2,1-3H3. The molecule has 5 heteroatoms. The highest BCUT2D eigenvalue weighted by molar-refractivity contribution is 7.85. The third kappa shape index (κ3) is 5.17. The minimum absolute atomic E-state index is 0.189. The van der Waals surface area contributed by atoms with Gasteiger partial charge in [0.05, 0.1) is 7.11 Å². The highest BCUT2D eigenvalue weighted by atomic mass is 32.2. The summed E-state index contributed by atoms with van der Waals surface area (Å²) in [6.07, 6.45) is 2.56. The number of ether oxygens (including phenoxy) is 1. The predicted octanol–water partition coefficient (Wildman–Crippen LogP) is 1.07. The van der Waals surface area contributed by atoms with Crippen molar-refractivity contribution in [1.29, 1.82) is 0 Å². The molecule has 100 valence electrons. The Labute approximate surface area is 106 Å². The van der Waals surface area contributed by atoms with Gasteiger partial charge in [0.2, 0.25) is 0 Å². The van der Waals surface area contributed by atoms with Gasteiger partial charge < -0.3 is 10.1 Å². The maximum Gasteiger partial charge on any atom is 0.322 e. The molecule has 17 heavy (non-hydrogen) atoms. The lowest BCUT2D eigenvalue weighted by atomic mass is 10.0. The van der Waals surface area contributed by atoms with Crippen molar-refractivity contribution < 1.29 is 13.7 Å². The zero-order valence-electron chi connectivity index (χ0n) is 10.9. The molecule has 1 saturated heterocycles. The Morgan fingerprint density at radius 2 is 2.00 bits per heavy atom. The van der Waals surface area contributed by atoms with Crippen molar-refractivity contribution in [2.75, 3.05) is 18.6 Å². The van der Waals surface area contributed by atoms with Gasteiger partial charge in [-0.2, -0.15) is 0 Å². The molecule has 0 aromatic heterocycles. The first kappa shape index (κ1) is 14.6. The number of hydrogen-bond acceptors (Lipinski definition) is 4. The van der Waals surface area contributed by atoms with Crippen molar-refractivity contribution >= 4 is 16.8 Å². The molecule has 0 aliphatic carbocycles. The lowest BCUT2D eigenvalue weighted by Gasteiger charge is -2.27. The van der Waals surface area contributed by atoms with E-state index < -0.39 is 10.8 Å². The Morgan fingerprint density at radius 1 is 1.41 bits per heavy atom. The van der Waals surface area contributed by atoms with Crippen LogP contribution in [0.1, 0.15) is 33.1 Å². The fourth-order valence-corrected chi connectivity index (χ4v) is 3.39. The summed E-state index contributed by atoms with van der Waals surface area (Å²) in [5.41, 5.74) is 0. The first-order chi connectivity index (χ1) is 8.02. The van der Waals surface area contributed by atoms with Crippen molar-refractivity contribution in [3.63, 3.8) is 0 Å². The molecule has 0 radical (unpaired) electrons. The van der Waals surface area contributed by atoms with Gasteiger partial charge >= 0.3 is 5.97 Å². The quantitative estimate of drug-likeness (QED) is 0.752. The van der Waals surface area contributed by atoms with Crippen molar-refractivity contribution in [2.24, 2.45) is 5.92 Å². The maximum absolute atomic E-state index is 11.6. The largest absolute Gasteiger partial charge is 0.468 e. The third-order valence-corrected chi connectivity index (χ3v) is 4.40. The first-order valence-corrected chi connectivity index (χ1v) is 7.70. The van der Waals surface area contributed by atoms with Crippen LogP contribution < -0.4 is 5.32 Å². The number of rotatable bonds is 5. The van der Waals surface area contributed by atoms with E-state index in [0.29, 0.717) is 12.0 Å². The van der Waals surface area contributed by atoms with Crippen molar-refractivity contribution in [2.45, 2.75) is 45.2 Å². The average molecular weight is 261 g/mol. The molecule has 4 nitrogen and oxygen atoms in total. The molecule has 0 amide bonds. The van der Waals surface area contributed by atoms with Crippen LogP contribution >= 0.6 is 0 Å². The highest BCUT2D eigenvalue weighted by Crippen LogP contribution is 2.13. The van der Waals surface area contributed by atoms with Crippen molar-refractivity contribution in [1.82, 2.24) is 5.32 Å². The molecule has 1 aliphatic rings. The van der Waals surface area contributed by atoms with E-state index >= 15 is 0 Å². The Balaban J connectivity index is 2.47. The molecule has 1 unspecified atom stereocenters. The smallest absolute Gasteiger partial charge is 0.322 e. The second-order valence-corrected chi connectivity index (χ2v) is 6.69. The van der Waals surface area contributed by atoms with Crippen LogP contribution in [0.5, 0.6) is 0 Å². The summed E-state index contributed by atoms with van der Waals surface area (Å²) in [5, 5.41) is 3.35. The number of esters is 1. The second kappa shape index (κ2) is 7.11. The molecule has 1 fully saturated rings. The van der Waals surface area contributed by atoms with E-state index in [1.165, 1.54) is 7.11 Å². The average Bonchev–Trinajstić information content (AvgIpc) is 2.29. The van der Waals surface area contributed by atoms with Crippen LogP contribution in [0.4, 0.5) is 0 Å². The molecule has 0 aromatic rings. The number of carbonyl (C=O) groups excluding carboxylic acids is 1. The van der Waals surface area contributed by atoms with E-state index in [9.17, 15) is 9.00 Å². The normalized spacial score (nSPS) is 26.8. The van der Waals surface area contributed by atoms with Gasteiger partial charge in [0.1, 0.15) is 6.04 Å². The summed E-state index contributed by atoms with van der Waals surface area (Å²) in [7, 11) is 0.769. The number of methoxy groups -OCH3 is 1. The topological polar surface area (TPSA) is 55.4 Å². The third-order valence-electron chi connectivity index (χ3n) is 3.02. The predicted molar refractivity (Wildman–Crippen MR) is 69.3 cm³/mol. The van der Waals surface area contributed by atoms with Gasteiger partial charge in [0.15, 0.2) is 0 Å². The Morgan fingerprint density at radius 3 is 2.47 bits per heavy atom. The van der Waals surface area contributed by atoms with Crippen LogP contribution in [0.3, 0.4) is 0 Å². The lowest BCUT2D eigenvalue weighted by molar-refractivity contribution is -0.143. The molecule has 0 aromatic carbocycles. The zero-order valence-corrected chi connectivity index (χ0v) is 11.7. The van der Waals surface area contributed by atoms with Gasteiger partial charge in [0.25, 0.3) is 0 Å². The fraction of sp³-hybridized carbons (Fsp3) is 0.917. The van der Waals surface area contributed by atoms with E-state index in [1.54, 1.807) is 0 Å². The summed E-state index contributed by atoms with van der Waals surface area (Å²) in [4.78, 5) is 11.6. The number of carbonyl (C=O) groups is 1. The van der Waals surface area contributed by atoms with E-state index in [-0.39, 0.29) is 12.0 Å². The SMILES string of the molecule is COC(=O)C(CC(C)C)NC1CCS(=O)CC1. The summed E-state index contributed by atoms with van der Waals surface area (Å²) in [5.74, 6) is 1.75. The Hall–Kier alpha value is -0.420. The summed E-state index contributed by atoms with van der Waals surface area (Å²) in [6, 6.07) is 0.0760. The lowest BCUT2D eigenvalue weighted by Crippen LogP contribution is -2.47. The molecule has 1 rings (SSSR count). The van der Waals surface area contributed by atoms with Gasteiger partial charge in [-0.1, -0.05) is 13.8 Å². The molecule has 1 heterocycles. The Bertz CT molecular complexity index is 271. The van der Waals surface area contributed by atoms with E-state index in [2.05, 4.69) is 19.2 Å². The van der Waals surface area contributed by atoms with Crippen LogP contribution in [0.15, 0.2) is 0 Å². The van der Waals surface area contributed by atoms with Gasteiger partial charge in [-0.25, -0.2) is 0 Å². The minimum atomic E-state index is -0.655. The summed E-state index contributed by atoms with van der Waals surface area (Å²) in [6.45, 7) is 4.18. The molecule has 1 N–H and O–H groups in total. The maximum atomic E-state index is 11.6. The molecular formula is C12H23NO3S. The van der Waals surface area contributed by atoms with Crippen LogP contribution in [0.2, 0.25) is 0 Å². The molecule has 1 aliphatic heterocycles. The Kier molecular flexibility index (Phi) is 6.12. The van der Waals surface area contributed by atoms with Crippen molar-refractivity contribution in [3.05, 3.63) is 0 Å². The van der Waals surface area contributed by atoms with Crippen LogP contribution in [0, 0.1) is 5.92 Å². The van der Waals surface area contributed by atoms with Crippen LogP contribution in [0.25, 0.3) is 0 Å². The van der Waals surface area contributed by atoms with E-state index in [0.717, 1.165) is 30.8 Å². The highest BCUT2D eigenvalue weighted by Gasteiger charge is 2.26. The van der Waals surface area contributed by atoms with Gasteiger partial charge in [-0.05, 0) is 25.2 Å². The molecule has 0 bridgehead atoms. The van der Waals surface area contributed by atoms with Crippen molar-refractivity contribution in [3.8, 4) is 0 Å². The van der Waals surface area contributed by atoms with Crippen LogP contribution in [-0.2, 0) is 20.3 Å². The minimum Gasteiger partial charge on any atom is -0.468 e. The summed E-state index contributed by atoms with van der Waals surface area (Å²) < 4.78 is 16.1. The number of nitrogens with one attached hydrogen (secondary N) is 1. The first-order valence-electron chi connectivity index (χ1n) is 6.21. The van der Waals surface area contributed by atoms with E-state index in [1.807, 2.05) is 0 Å². The monoisotopic (exact) mass is 261 g/mol. The van der Waals surface area contributed by atoms with E-state index in [4.69, 9.17) is 4.74 Å². The van der Waals surface area contributed by atoms with Gasteiger partial charge in [-0.15, -0.1) is 0 Å². The molecule has 0 saturated carbocycles. The van der Waals surface area contributed by atoms with Gasteiger partial charge in [0, 0.05) is 28.3 Å². The second-order valence-electron chi connectivity index (χ2n) is 4.99. The molecular weight excluding hydrogens is 238 g/mol. The molecule has 1 atom stereocenters. The number of hydrogen-bond donors (Lipinski definition) is 1.